The Morgan fingerprint density at radius 1 is 1.44 bits per heavy atom. The van der Waals surface area contributed by atoms with Crippen LogP contribution in [-0.4, -0.2) is 40.4 Å². The monoisotopic (exact) mass is 272 g/mol. The highest BCUT2D eigenvalue weighted by Crippen LogP contribution is 2.15. The zero-order chi connectivity index (χ0) is 13.2. The van der Waals surface area contributed by atoms with Crippen LogP contribution in [0.2, 0.25) is 0 Å². The minimum atomic E-state index is -3.74. The lowest BCUT2D eigenvalue weighted by molar-refractivity contribution is 0.314. The topological polar surface area (TPSA) is 126 Å². The summed E-state index contributed by atoms with van der Waals surface area (Å²) in [6.07, 6.45) is 1.22. The first-order valence-corrected chi connectivity index (χ1v) is 6.59. The number of nitrogens with one attached hydrogen (secondary N) is 3. The molecule has 10 heteroatoms. The van der Waals surface area contributed by atoms with Crippen molar-refractivity contribution in [2.75, 3.05) is 11.3 Å². The molecule has 0 aliphatic heterocycles. The van der Waals surface area contributed by atoms with Crippen molar-refractivity contribution in [3.05, 3.63) is 11.9 Å². The van der Waals surface area contributed by atoms with Gasteiger partial charge in [0.15, 0.2) is 0 Å². The Bertz CT molecular complexity index is 631. The molecule has 18 heavy (non-hydrogen) atoms. The number of nitrogens with zero attached hydrogens (tertiary/aromatic N) is 3. The van der Waals surface area contributed by atoms with Crippen molar-refractivity contribution >= 4 is 16.0 Å². The largest absolute Gasteiger partial charge is 0.463 e. The summed E-state index contributed by atoms with van der Waals surface area (Å²) >= 11 is 0. The number of sulfonamides is 1. The van der Waals surface area contributed by atoms with E-state index >= 15 is 0 Å². The van der Waals surface area contributed by atoms with E-state index in [2.05, 4.69) is 30.1 Å². The van der Waals surface area contributed by atoms with Crippen molar-refractivity contribution in [2.45, 2.75) is 18.7 Å². The van der Waals surface area contributed by atoms with E-state index < -0.39 is 10.0 Å². The third-order valence-electron chi connectivity index (χ3n) is 2.04. The zero-order valence-electron chi connectivity index (χ0n) is 9.76. The fourth-order valence-electron chi connectivity index (χ4n) is 1.28. The third kappa shape index (κ3) is 2.42. The van der Waals surface area contributed by atoms with E-state index in [4.69, 9.17) is 4.74 Å². The standard InChI is InChI=1S/C8H12N6O3S/c1-3-17-8-10-7(12-13-8)14-18(15,16)6-4-9-11-5(6)2/h4H,3H2,1-2H3,(H,9,11)(H2,10,12,13,14). The van der Waals surface area contributed by atoms with Crippen molar-refractivity contribution in [3.63, 3.8) is 0 Å². The van der Waals surface area contributed by atoms with Crippen LogP contribution in [0.4, 0.5) is 5.95 Å². The van der Waals surface area contributed by atoms with Gasteiger partial charge in [0, 0.05) is 0 Å². The van der Waals surface area contributed by atoms with Gasteiger partial charge < -0.3 is 4.74 Å². The first-order chi connectivity index (χ1) is 8.53. The molecule has 2 heterocycles. The van der Waals surface area contributed by atoms with Gasteiger partial charge in [-0.25, -0.2) is 18.2 Å². The maximum absolute atomic E-state index is 12.0. The van der Waals surface area contributed by atoms with Crippen LogP contribution in [-0.2, 0) is 10.0 Å². The molecule has 98 valence electrons. The van der Waals surface area contributed by atoms with Crippen LogP contribution in [0.5, 0.6) is 6.01 Å². The van der Waals surface area contributed by atoms with Crippen molar-refractivity contribution < 1.29 is 13.2 Å². The van der Waals surface area contributed by atoms with Crippen LogP contribution in [0.15, 0.2) is 11.1 Å². The molecule has 0 aliphatic rings. The van der Waals surface area contributed by atoms with Crippen molar-refractivity contribution in [3.8, 4) is 6.01 Å². The maximum atomic E-state index is 12.0. The van der Waals surface area contributed by atoms with Crippen molar-refractivity contribution in [2.24, 2.45) is 0 Å². The molecule has 2 aromatic rings. The molecule has 0 radical (unpaired) electrons. The summed E-state index contributed by atoms with van der Waals surface area (Å²) < 4.78 is 31.2. The molecule has 2 rings (SSSR count). The Morgan fingerprint density at radius 3 is 2.83 bits per heavy atom. The summed E-state index contributed by atoms with van der Waals surface area (Å²) in [6.45, 7) is 3.77. The van der Waals surface area contributed by atoms with E-state index in [9.17, 15) is 8.42 Å². The number of anilines is 1. The van der Waals surface area contributed by atoms with Gasteiger partial charge in [-0.1, -0.05) is 0 Å². The fraction of sp³-hybridized carbons (Fsp3) is 0.375. The highest BCUT2D eigenvalue weighted by atomic mass is 32.2. The minimum Gasteiger partial charge on any atom is -0.463 e. The molecule has 3 N–H and O–H groups in total. The molecular weight excluding hydrogens is 260 g/mol. The molecule has 0 saturated heterocycles. The molecule has 0 fully saturated rings. The molecule has 0 saturated carbocycles. The summed E-state index contributed by atoms with van der Waals surface area (Å²) in [4.78, 5) is 3.87. The van der Waals surface area contributed by atoms with Gasteiger partial charge in [0.05, 0.1) is 18.5 Å². The number of hydrogen-bond donors (Lipinski definition) is 3. The Hall–Kier alpha value is -2.10. The summed E-state index contributed by atoms with van der Waals surface area (Å²) in [6, 6.07) is 0.0825. The Morgan fingerprint density at radius 2 is 2.22 bits per heavy atom. The fourth-order valence-corrected chi connectivity index (χ4v) is 2.37. The summed E-state index contributed by atoms with van der Waals surface area (Å²) in [5.41, 5.74) is 0.437. The highest BCUT2D eigenvalue weighted by molar-refractivity contribution is 7.92. The van der Waals surface area contributed by atoms with Crippen LogP contribution >= 0.6 is 0 Å². The average Bonchev–Trinajstić information content (AvgIpc) is 2.88. The second kappa shape index (κ2) is 4.64. The molecule has 2 aromatic heterocycles. The molecule has 0 atom stereocenters. The third-order valence-corrected chi connectivity index (χ3v) is 3.50. The Labute approximate surface area is 103 Å². The normalized spacial score (nSPS) is 11.4. The van der Waals surface area contributed by atoms with E-state index in [1.165, 1.54) is 6.20 Å². The van der Waals surface area contributed by atoms with Crippen LogP contribution in [0, 0.1) is 6.92 Å². The lowest BCUT2D eigenvalue weighted by Gasteiger charge is -2.02. The zero-order valence-corrected chi connectivity index (χ0v) is 10.6. The van der Waals surface area contributed by atoms with Crippen molar-refractivity contribution in [1.82, 2.24) is 25.4 Å². The molecule has 0 spiro atoms. The summed E-state index contributed by atoms with van der Waals surface area (Å²) in [7, 11) is -3.74. The van der Waals surface area contributed by atoms with Crippen LogP contribution < -0.4 is 9.46 Å². The number of ether oxygens (including phenoxy) is 1. The lowest BCUT2D eigenvalue weighted by Crippen LogP contribution is -2.14. The smallest absolute Gasteiger partial charge is 0.337 e. The molecule has 0 aromatic carbocycles. The molecule has 0 bridgehead atoms. The molecule has 9 nitrogen and oxygen atoms in total. The maximum Gasteiger partial charge on any atom is 0.337 e. The molecule has 0 unspecified atom stereocenters. The SMILES string of the molecule is CCOc1n[nH]c(NS(=O)(=O)c2cn[nH]c2C)n1. The first-order valence-electron chi connectivity index (χ1n) is 5.11. The second-order valence-electron chi connectivity index (χ2n) is 3.36. The highest BCUT2D eigenvalue weighted by Gasteiger charge is 2.20. The summed E-state index contributed by atoms with van der Waals surface area (Å²) in [5.74, 6) is -0.0148. The number of H-pyrrole nitrogens is 2. The molecular formula is C8H12N6O3S. The number of hydrogen-bond acceptors (Lipinski definition) is 6. The Kier molecular flexibility index (Phi) is 3.19. The first kappa shape index (κ1) is 12.4. The number of rotatable bonds is 5. The van der Waals surface area contributed by atoms with Gasteiger partial charge in [0.25, 0.3) is 10.0 Å². The van der Waals surface area contributed by atoms with Crippen LogP contribution in [0.25, 0.3) is 0 Å². The van der Waals surface area contributed by atoms with Gasteiger partial charge in [-0.15, -0.1) is 5.10 Å². The van der Waals surface area contributed by atoms with Gasteiger partial charge >= 0.3 is 6.01 Å². The van der Waals surface area contributed by atoms with Crippen LogP contribution in [0.3, 0.4) is 0 Å². The molecule has 0 aliphatic carbocycles. The predicted molar refractivity (Wildman–Crippen MR) is 61.7 cm³/mol. The van der Waals surface area contributed by atoms with E-state index in [0.717, 1.165) is 0 Å². The number of aromatic nitrogens is 5. The van der Waals surface area contributed by atoms with E-state index in [1.807, 2.05) is 0 Å². The minimum absolute atomic E-state index is 0.0148. The van der Waals surface area contributed by atoms with E-state index in [1.54, 1.807) is 13.8 Å². The molecule has 0 amide bonds. The second-order valence-corrected chi connectivity index (χ2v) is 5.02. The van der Waals surface area contributed by atoms with Gasteiger partial charge in [0.2, 0.25) is 5.95 Å². The quantitative estimate of drug-likeness (QED) is 0.705. The van der Waals surface area contributed by atoms with Crippen molar-refractivity contribution in [1.29, 1.82) is 0 Å². The number of aryl methyl sites for hydroxylation is 1. The number of aromatic amines is 2. The summed E-state index contributed by atoms with van der Waals surface area (Å²) in [5, 5.41) is 12.3. The lowest BCUT2D eigenvalue weighted by atomic mass is 10.5. The average molecular weight is 272 g/mol. The van der Waals surface area contributed by atoms with Gasteiger partial charge in [-0.2, -0.15) is 10.1 Å². The van der Waals surface area contributed by atoms with E-state index in [0.29, 0.717) is 12.3 Å². The van der Waals surface area contributed by atoms with Gasteiger partial charge in [0.1, 0.15) is 4.90 Å². The van der Waals surface area contributed by atoms with E-state index in [-0.39, 0.29) is 16.9 Å². The predicted octanol–water partition coefficient (Wildman–Crippen LogP) is 0.0357. The van der Waals surface area contributed by atoms with Gasteiger partial charge in [-0.3, -0.25) is 5.10 Å². The van der Waals surface area contributed by atoms with Crippen LogP contribution in [0.1, 0.15) is 12.6 Å². The van der Waals surface area contributed by atoms with Gasteiger partial charge in [-0.05, 0) is 13.8 Å². The Balaban J connectivity index is 2.20.